The molecule has 0 N–H and O–H groups in total. The van der Waals surface area contributed by atoms with Crippen molar-refractivity contribution >= 4 is 0 Å². The lowest BCUT2D eigenvalue weighted by molar-refractivity contribution is 0.0239. The molecule has 2 fully saturated rings. The van der Waals surface area contributed by atoms with E-state index < -0.39 is 0 Å². The summed E-state index contributed by atoms with van der Waals surface area (Å²) in [6, 6.07) is 0. The minimum atomic E-state index is 0.617. The molecule has 0 aromatic rings. The van der Waals surface area contributed by atoms with Gasteiger partial charge in [-0.15, -0.1) is 0 Å². The van der Waals surface area contributed by atoms with Gasteiger partial charge in [-0.25, -0.2) is 0 Å². The number of hydrogen-bond donors (Lipinski definition) is 0. The van der Waals surface area contributed by atoms with Crippen LogP contribution in [0, 0.1) is 12.0 Å². The quantitative estimate of drug-likeness (QED) is 0.574. The van der Waals surface area contributed by atoms with Crippen molar-refractivity contribution in [3.8, 4) is 0 Å². The molecule has 2 heteroatoms. The smallest absolute Gasteiger partial charge is 0.102 e. The van der Waals surface area contributed by atoms with Gasteiger partial charge < -0.3 is 9.47 Å². The highest BCUT2D eigenvalue weighted by molar-refractivity contribution is 4.91. The van der Waals surface area contributed by atoms with Crippen LogP contribution in [0.4, 0.5) is 0 Å². The van der Waals surface area contributed by atoms with Crippen LogP contribution in [0.5, 0.6) is 0 Å². The first kappa shape index (κ1) is 7.56. The second-order valence-electron chi connectivity index (χ2n) is 3.33. The molecule has 2 aliphatic heterocycles. The van der Waals surface area contributed by atoms with Crippen molar-refractivity contribution < 1.29 is 9.47 Å². The average molecular weight is 155 g/mol. The normalized spacial score (nSPS) is 34.4. The van der Waals surface area contributed by atoms with Gasteiger partial charge in [-0.3, -0.25) is 0 Å². The third kappa shape index (κ3) is 1.74. The van der Waals surface area contributed by atoms with Gasteiger partial charge in [0, 0.05) is 19.1 Å². The zero-order chi connectivity index (χ0) is 7.52. The van der Waals surface area contributed by atoms with Crippen LogP contribution in [0.3, 0.4) is 0 Å². The molecule has 1 radical (unpaired) electrons. The first-order valence-corrected chi connectivity index (χ1v) is 4.53. The van der Waals surface area contributed by atoms with Crippen molar-refractivity contribution in [2.24, 2.45) is 5.92 Å². The van der Waals surface area contributed by atoms with Crippen LogP contribution < -0.4 is 0 Å². The van der Waals surface area contributed by atoms with Crippen LogP contribution in [-0.2, 0) is 9.47 Å². The Morgan fingerprint density at radius 1 is 1.18 bits per heavy atom. The monoisotopic (exact) mass is 155 g/mol. The van der Waals surface area contributed by atoms with Gasteiger partial charge in [0.15, 0.2) is 0 Å². The molecule has 0 amide bonds. The summed E-state index contributed by atoms with van der Waals surface area (Å²) >= 11 is 0. The Hall–Kier alpha value is -0.0800. The Morgan fingerprint density at radius 3 is 2.82 bits per heavy atom. The fourth-order valence-corrected chi connectivity index (χ4v) is 1.84. The van der Waals surface area contributed by atoms with E-state index in [1.54, 1.807) is 0 Å². The van der Waals surface area contributed by atoms with Crippen molar-refractivity contribution in [1.82, 2.24) is 0 Å². The lowest BCUT2D eigenvalue weighted by atomic mass is 9.94. The van der Waals surface area contributed by atoms with Gasteiger partial charge in [0.05, 0.1) is 6.61 Å². The number of ether oxygens (including phenoxy) is 2. The Labute approximate surface area is 67.9 Å². The Bertz CT molecular complexity index is 113. The maximum absolute atomic E-state index is 5.53. The molecule has 1 unspecified atom stereocenters. The molecule has 2 nitrogen and oxygen atoms in total. The standard InChI is InChI=1S/C9H15O2/c1-3-8(7-10-5-1)9-4-2-6-11-9/h8H,1-7H2. The van der Waals surface area contributed by atoms with E-state index in [1.165, 1.54) is 31.8 Å². The van der Waals surface area contributed by atoms with Gasteiger partial charge in [0.1, 0.15) is 6.10 Å². The Kier molecular flexibility index (Phi) is 2.44. The van der Waals surface area contributed by atoms with E-state index in [0.717, 1.165) is 19.8 Å². The molecule has 0 saturated carbocycles. The zero-order valence-corrected chi connectivity index (χ0v) is 6.84. The number of hydrogen-bond acceptors (Lipinski definition) is 2. The van der Waals surface area contributed by atoms with Crippen molar-refractivity contribution in [3.63, 3.8) is 0 Å². The summed E-state index contributed by atoms with van der Waals surface area (Å²) in [5.74, 6) is 0.617. The summed E-state index contributed by atoms with van der Waals surface area (Å²) in [6.45, 7) is 2.78. The molecule has 2 saturated heterocycles. The molecule has 0 spiro atoms. The molecule has 2 aliphatic rings. The fourth-order valence-electron chi connectivity index (χ4n) is 1.84. The van der Waals surface area contributed by atoms with E-state index in [4.69, 9.17) is 9.47 Å². The van der Waals surface area contributed by atoms with Crippen molar-refractivity contribution in [1.29, 1.82) is 0 Å². The van der Waals surface area contributed by atoms with Gasteiger partial charge in [0.25, 0.3) is 0 Å². The molecule has 2 rings (SSSR count). The summed E-state index contributed by atoms with van der Waals surface area (Å²) in [4.78, 5) is 0. The van der Waals surface area contributed by atoms with Crippen LogP contribution in [0.25, 0.3) is 0 Å². The van der Waals surface area contributed by atoms with E-state index in [0.29, 0.717) is 5.92 Å². The van der Waals surface area contributed by atoms with E-state index >= 15 is 0 Å². The average Bonchev–Trinajstić information content (AvgIpc) is 2.58. The highest BCUT2D eigenvalue weighted by atomic mass is 16.5. The van der Waals surface area contributed by atoms with Crippen LogP contribution in [0.2, 0.25) is 0 Å². The summed E-state index contributed by atoms with van der Waals surface area (Å²) < 4.78 is 10.9. The molecule has 63 valence electrons. The lowest BCUT2D eigenvalue weighted by Crippen LogP contribution is -2.23. The molecule has 0 aliphatic carbocycles. The van der Waals surface area contributed by atoms with E-state index in [2.05, 4.69) is 0 Å². The predicted molar refractivity (Wildman–Crippen MR) is 42.0 cm³/mol. The Morgan fingerprint density at radius 2 is 2.18 bits per heavy atom. The fraction of sp³-hybridized carbons (Fsp3) is 0.889. The highest BCUT2D eigenvalue weighted by Gasteiger charge is 2.28. The summed E-state index contributed by atoms with van der Waals surface area (Å²) in [5.41, 5.74) is 0. The topological polar surface area (TPSA) is 18.5 Å². The van der Waals surface area contributed by atoms with Crippen LogP contribution in [0.1, 0.15) is 25.7 Å². The second-order valence-corrected chi connectivity index (χ2v) is 3.33. The third-order valence-corrected chi connectivity index (χ3v) is 2.47. The molecule has 0 aromatic heterocycles. The third-order valence-electron chi connectivity index (χ3n) is 2.47. The van der Waals surface area contributed by atoms with Gasteiger partial charge in [-0.2, -0.15) is 0 Å². The molecule has 1 atom stereocenters. The van der Waals surface area contributed by atoms with Gasteiger partial charge in [-0.05, 0) is 25.7 Å². The summed E-state index contributed by atoms with van der Waals surface area (Å²) in [7, 11) is 0. The van der Waals surface area contributed by atoms with Gasteiger partial charge in [-0.1, -0.05) is 0 Å². The van der Waals surface area contributed by atoms with Gasteiger partial charge >= 0.3 is 0 Å². The van der Waals surface area contributed by atoms with E-state index in [-0.39, 0.29) is 0 Å². The Balaban J connectivity index is 1.82. The van der Waals surface area contributed by atoms with Crippen molar-refractivity contribution in [2.75, 3.05) is 19.8 Å². The van der Waals surface area contributed by atoms with Crippen LogP contribution >= 0.6 is 0 Å². The maximum Gasteiger partial charge on any atom is 0.102 e. The first-order valence-electron chi connectivity index (χ1n) is 4.53. The molecular weight excluding hydrogens is 140 g/mol. The summed E-state index contributed by atoms with van der Waals surface area (Å²) in [6.07, 6.45) is 6.18. The molecule has 11 heavy (non-hydrogen) atoms. The van der Waals surface area contributed by atoms with Crippen LogP contribution in [0.15, 0.2) is 0 Å². The summed E-state index contributed by atoms with van der Waals surface area (Å²) in [5, 5.41) is 0. The lowest BCUT2D eigenvalue weighted by Gasteiger charge is -2.25. The van der Waals surface area contributed by atoms with Gasteiger partial charge in [0.2, 0.25) is 0 Å². The van der Waals surface area contributed by atoms with E-state index in [1.807, 2.05) is 0 Å². The molecule has 0 bridgehead atoms. The highest BCUT2D eigenvalue weighted by Crippen LogP contribution is 2.32. The van der Waals surface area contributed by atoms with Crippen LogP contribution in [-0.4, -0.2) is 19.8 Å². The van der Waals surface area contributed by atoms with E-state index in [9.17, 15) is 0 Å². The largest absolute Gasteiger partial charge is 0.381 e. The minimum Gasteiger partial charge on any atom is -0.381 e. The minimum absolute atomic E-state index is 0.617. The van der Waals surface area contributed by atoms with Crippen molar-refractivity contribution in [2.45, 2.75) is 25.7 Å². The first-order chi connectivity index (χ1) is 5.47. The maximum atomic E-state index is 5.53. The van der Waals surface area contributed by atoms with Crippen molar-refractivity contribution in [3.05, 3.63) is 6.10 Å². The number of rotatable bonds is 1. The molecule has 0 aromatic carbocycles. The SMILES string of the molecule is C1CO[C](C2CCCOC2)C1. The predicted octanol–water partition coefficient (Wildman–Crippen LogP) is 1.76. The second kappa shape index (κ2) is 3.55. The molecular formula is C9H15O2. The zero-order valence-electron chi connectivity index (χ0n) is 6.84. The molecule has 2 heterocycles.